The van der Waals surface area contributed by atoms with Crippen molar-refractivity contribution in [2.75, 3.05) is 0 Å². The maximum absolute atomic E-state index is 14.2. The number of alkyl halides is 1. The standard InChI is InChI=1S/C20H24FN5O2/c1-11-9-22-19(28-11)14-4-3-13(14)16-24-17-15(18(27)25-16)10-23-26(17)12-5-7-20(2,21)8-6-12/h9-10,12-14H,3-8H2,1-2H3,(H,24,25,27)/t12?,13-,14-,20?/m1/s1. The van der Waals surface area contributed by atoms with E-state index in [1.165, 1.54) is 0 Å². The summed E-state index contributed by atoms with van der Waals surface area (Å²) >= 11 is 0. The second kappa shape index (κ2) is 6.25. The summed E-state index contributed by atoms with van der Waals surface area (Å²) in [4.78, 5) is 24.7. The molecule has 2 fully saturated rings. The summed E-state index contributed by atoms with van der Waals surface area (Å²) in [5.74, 6) is 2.37. The lowest BCUT2D eigenvalue weighted by molar-refractivity contribution is 0.103. The lowest BCUT2D eigenvalue weighted by Crippen LogP contribution is -2.29. The first-order chi connectivity index (χ1) is 13.4. The molecule has 0 saturated heterocycles. The van der Waals surface area contributed by atoms with Crippen LogP contribution in [0.25, 0.3) is 11.0 Å². The third-order valence-electron chi connectivity index (χ3n) is 6.41. The molecule has 3 aromatic heterocycles. The van der Waals surface area contributed by atoms with Gasteiger partial charge in [0.05, 0.1) is 18.4 Å². The van der Waals surface area contributed by atoms with Gasteiger partial charge < -0.3 is 9.40 Å². The Morgan fingerprint density at radius 3 is 2.61 bits per heavy atom. The summed E-state index contributed by atoms with van der Waals surface area (Å²) in [6.45, 7) is 3.54. The SMILES string of the molecule is Cc1cnc([C@@H]2CC[C@H]2c2nc3c(cnn3C3CCC(C)(F)CC3)c(=O)[nH]2)o1. The Morgan fingerprint density at radius 2 is 1.96 bits per heavy atom. The van der Waals surface area contributed by atoms with Crippen LogP contribution in [0.3, 0.4) is 0 Å². The highest BCUT2D eigenvalue weighted by atomic mass is 19.1. The quantitative estimate of drug-likeness (QED) is 0.738. The molecule has 2 saturated carbocycles. The Kier molecular flexibility index (Phi) is 3.93. The third-order valence-corrected chi connectivity index (χ3v) is 6.41. The number of fused-ring (bicyclic) bond motifs is 1. The van der Waals surface area contributed by atoms with Crippen LogP contribution in [-0.4, -0.2) is 30.4 Å². The van der Waals surface area contributed by atoms with Gasteiger partial charge in [-0.2, -0.15) is 5.10 Å². The van der Waals surface area contributed by atoms with Crippen molar-refractivity contribution in [3.63, 3.8) is 0 Å². The summed E-state index contributed by atoms with van der Waals surface area (Å²) in [7, 11) is 0. The number of oxazole rings is 1. The molecule has 0 radical (unpaired) electrons. The van der Waals surface area contributed by atoms with Gasteiger partial charge in [-0.15, -0.1) is 0 Å². The van der Waals surface area contributed by atoms with Gasteiger partial charge in [0.15, 0.2) is 11.5 Å². The van der Waals surface area contributed by atoms with Crippen molar-refractivity contribution in [1.82, 2.24) is 24.7 Å². The molecule has 0 bridgehead atoms. The molecule has 28 heavy (non-hydrogen) atoms. The zero-order valence-corrected chi connectivity index (χ0v) is 16.1. The van der Waals surface area contributed by atoms with E-state index in [1.807, 2.05) is 11.6 Å². The van der Waals surface area contributed by atoms with Crippen LogP contribution in [0.4, 0.5) is 4.39 Å². The molecule has 2 aliphatic rings. The fourth-order valence-corrected chi connectivity index (χ4v) is 4.51. The van der Waals surface area contributed by atoms with Crippen LogP contribution in [0.5, 0.6) is 0 Å². The smallest absolute Gasteiger partial charge is 0.262 e. The first-order valence-electron chi connectivity index (χ1n) is 10.00. The summed E-state index contributed by atoms with van der Waals surface area (Å²) in [5, 5.41) is 4.92. The number of hydrogen-bond donors (Lipinski definition) is 1. The fourth-order valence-electron chi connectivity index (χ4n) is 4.51. The average molecular weight is 385 g/mol. The van der Waals surface area contributed by atoms with Crippen molar-refractivity contribution in [2.24, 2.45) is 0 Å². The van der Waals surface area contributed by atoms with Crippen LogP contribution in [0.1, 0.15) is 80.8 Å². The molecule has 0 aromatic carbocycles. The van der Waals surface area contributed by atoms with Crippen LogP contribution in [0, 0.1) is 6.92 Å². The number of aromatic nitrogens is 5. The first kappa shape index (κ1) is 17.6. The van der Waals surface area contributed by atoms with Crippen molar-refractivity contribution >= 4 is 11.0 Å². The Bertz CT molecular complexity index is 1070. The zero-order chi connectivity index (χ0) is 19.5. The van der Waals surface area contributed by atoms with E-state index in [9.17, 15) is 9.18 Å². The number of nitrogens with zero attached hydrogens (tertiary/aromatic N) is 4. The Morgan fingerprint density at radius 1 is 1.21 bits per heavy atom. The minimum absolute atomic E-state index is 0.0788. The summed E-state index contributed by atoms with van der Waals surface area (Å²) < 4.78 is 21.7. The highest BCUT2D eigenvalue weighted by Gasteiger charge is 2.39. The Hall–Kier alpha value is -2.51. The number of hydrogen-bond acceptors (Lipinski definition) is 5. The molecule has 0 spiro atoms. The number of nitrogens with one attached hydrogen (secondary N) is 1. The maximum atomic E-state index is 14.2. The summed E-state index contributed by atoms with van der Waals surface area (Å²) in [6.07, 6.45) is 7.60. The Labute approximate surface area is 161 Å². The van der Waals surface area contributed by atoms with Gasteiger partial charge in [-0.25, -0.2) is 19.0 Å². The van der Waals surface area contributed by atoms with E-state index in [-0.39, 0.29) is 23.4 Å². The fraction of sp³-hybridized carbons (Fsp3) is 0.600. The van der Waals surface area contributed by atoms with Crippen molar-refractivity contribution in [2.45, 2.75) is 75.9 Å². The van der Waals surface area contributed by atoms with E-state index in [1.54, 1.807) is 19.3 Å². The highest BCUT2D eigenvalue weighted by molar-refractivity contribution is 5.73. The van der Waals surface area contributed by atoms with E-state index in [0.29, 0.717) is 48.4 Å². The van der Waals surface area contributed by atoms with Gasteiger partial charge in [-0.3, -0.25) is 4.79 Å². The van der Waals surface area contributed by atoms with E-state index < -0.39 is 5.67 Å². The van der Waals surface area contributed by atoms with Gasteiger partial charge in [0, 0.05) is 11.8 Å². The molecule has 0 aliphatic heterocycles. The number of H-pyrrole nitrogens is 1. The second-order valence-corrected chi connectivity index (χ2v) is 8.52. The molecule has 3 aromatic rings. The van der Waals surface area contributed by atoms with Gasteiger partial charge in [0.25, 0.3) is 5.56 Å². The lowest BCUT2D eigenvalue weighted by Gasteiger charge is -2.33. The van der Waals surface area contributed by atoms with Gasteiger partial charge in [0.1, 0.15) is 22.6 Å². The number of aromatic amines is 1. The average Bonchev–Trinajstić information content (AvgIpc) is 3.21. The van der Waals surface area contributed by atoms with Gasteiger partial charge in [0.2, 0.25) is 0 Å². The van der Waals surface area contributed by atoms with E-state index >= 15 is 0 Å². The highest BCUT2D eigenvalue weighted by Crippen LogP contribution is 2.47. The van der Waals surface area contributed by atoms with Gasteiger partial charge in [-0.1, -0.05) is 0 Å². The largest absolute Gasteiger partial charge is 0.446 e. The number of halogens is 1. The molecule has 2 atom stereocenters. The molecule has 1 N–H and O–H groups in total. The topological polar surface area (TPSA) is 89.6 Å². The van der Waals surface area contributed by atoms with Crippen molar-refractivity contribution < 1.29 is 8.81 Å². The molecule has 148 valence electrons. The van der Waals surface area contributed by atoms with Gasteiger partial charge >= 0.3 is 0 Å². The van der Waals surface area contributed by atoms with Crippen LogP contribution in [-0.2, 0) is 0 Å². The molecule has 3 heterocycles. The molecule has 2 aliphatic carbocycles. The molecular weight excluding hydrogens is 361 g/mol. The van der Waals surface area contributed by atoms with Crippen molar-refractivity contribution in [3.05, 3.63) is 40.2 Å². The maximum Gasteiger partial charge on any atom is 0.262 e. The summed E-state index contributed by atoms with van der Waals surface area (Å²) in [6, 6.07) is 0.0788. The van der Waals surface area contributed by atoms with Crippen molar-refractivity contribution in [1.29, 1.82) is 0 Å². The predicted molar refractivity (Wildman–Crippen MR) is 101 cm³/mol. The zero-order valence-electron chi connectivity index (χ0n) is 16.1. The first-order valence-corrected chi connectivity index (χ1v) is 10.00. The van der Waals surface area contributed by atoms with E-state index in [4.69, 9.17) is 9.40 Å². The van der Waals surface area contributed by atoms with E-state index in [0.717, 1.165) is 18.6 Å². The number of rotatable bonds is 3. The monoisotopic (exact) mass is 385 g/mol. The van der Waals surface area contributed by atoms with Gasteiger partial charge in [-0.05, 0) is 52.4 Å². The molecule has 8 heteroatoms. The second-order valence-electron chi connectivity index (χ2n) is 8.52. The molecule has 0 unspecified atom stereocenters. The van der Waals surface area contributed by atoms with Crippen molar-refractivity contribution in [3.8, 4) is 0 Å². The minimum Gasteiger partial charge on any atom is -0.446 e. The van der Waals surface area contributed by atoms with Crippen LogP contribution >= 0.6 is 0 Å². The Balaban J connectivity index is 1.49. The molecular formula is C20H24FN5O2. The lowest BCUT2D eigenvalue weighted by atomic mass is 9.73. The number of aryl methyl sites for hydroxylation is 1. The normalized spacial score (nSPS) is 30.5. The third kappa shape index (κ3) is 2.86. The van der Waals surface area contributed by atoms with E-state index in [2.05, 4.69) is 15.1 Å². The van der Waals surface area contributed by atoms with Crippen LogP contribution in [0.15, 0.2) is 21.6 Å². The minimum atomic E-state index is -1.11. The van der Waals surface area contributed by atoms with Crippen LogP contribution < -0.4 is 5.56 Å². The summed E-state index contributed by atoms with van der Waals surface area (Å²) in [5.41, 5.74) is -0.685. The van der Waals surface area contributed by atoms with Crippen LogP contribution in [0.2, 0.25) is 0 Å². The molecule has 5 rings (SSSR count). The molecule has 0 amide bonds. The predicted octanol–water partition coefficient (Wildman–Crippen LogP) is 3.92. The molecule has 7 nitrogen and oxygen atoms in total.